The predicted octanol–water partition coefficient (Wildman–Crippen LogP) is 3.96. The van der Waals surface area contributed by atoms with Crippen molar-refractivity contribution in [2.75, 3.05) is 5.33 Å². The SMILES string of the molecule is C=CC(C=C)[C@@H](CCCCBr)NS(=O)C(C)(C)C. The van der Waals surface area contributed by atoms with Crippen molar-refractivity contribution in [3.63, 3.8) is 0 Å². The van der Waals surface area contributed by atoms with Gasteiger partial charge in [-0.3, -0.25) is 0 Å². The molecular formula is C14H26BrNOS. The van der Waals surface area contributed by atoms with Crippen LogP contribution in [-0.4, -0.2) is 20.3 Å². The first-order valence-corrected chi connectivity index (χ1v) is 8.63. The molecule has 0 radical (unpaired) electrons. The molecule has 1 N–H and O–H groups in total. The molecule has 0 aliphatic rings. The van der Waals surface area contributed by atoms with E-state index in [2.05, 4.69) is 33.8 Å². The topological polar surface area (TPSA) is 29.1 Å². The van der Waals surface area contributed by atoms with E-state index in [1.807, 2.05) is 32.9 Å². The van der Waals surface area contributed by atoms with Crippen molar-refractivity contribution in [3.05, 3.63) is 25.3 Å². The quantitative estimate of drug-likeness (QED) is 0.385. The molecule has 0 aromatic heterocycles. The van der Waals surface area contributed by atoms with Crippen LogP contribution in [0.5, 0.6) is 0 Å². The summed E-state index contributed by atoms with van der Waals surface area (Å²) in [6, 6.07) is 0.152. The number of nitrogens with one attached hydrogen (secondary N) is 1. The van der Waals surface area contributed by atoms with Crippen molar-refractivity contribution in [1.29, 1.82) is 0 Å². The second-order valence-corrected chi connectivity index (χ2v) is 8.13. The van der Waals surface area contributed by atoms with Gasteiger partial charge in [-0.15, -0.1) is 13.2 Å². The third kappa shape index (κ3) is 6.86. The van der Waals surface area contributed by atoms with Crippen molar-refractivity contribution in [3.8, 4) is 0 Å². The van der Waals surface area contributed by atoms with Crippen molar-refractivity contribution in [2.24, 2.45) is 5.92 Å². The van der Waals surface area contributed by atoms with Crippen LogP contribution in [0.1, 0.15) is 40.0 Å². The molecule has 0 rings (SSSR count). The van der Waals surface area contributed by atoms with E-state index >= 15 is 0 Å². The molecule has 2 atom stereocenters. The highest BCUT2D eigenvalue weighted by atomic mass is 79.9. The third-order valence-electron chi connectivity index (χ3n) is 2.72. The first-order chi connectivity index (χ1) is 8.36. The molecule has 18 heavy (non-hydrogen) atoms. The lowest BCUT2D eigenvalue weighted by atomic mass is 9.96. The predicted molar refractivity (Wildman–Crippen MR) is 86.3 cm³/mol. The van der Waals surface area contributed by atoms with Crippen LogP contribution in [0, 0.1) is 5.92 Å². The van der Waals surface area contributed by atoms with Gasteiger partial charge in [-0.25, -0.2) is 8.93 Å². The molecule has 0 spiro atoms. The average molecular weight is 336 g/mol. The van der Waals surface area contributed by atoms with Crippen LogP contribution >= 0.6 is 15.9 Å². The first kappa shape index (κ1) is 18.1. The van der Waals surface area contributed by atoms with Gasteiger partial charge in [0.1, 0.15) is 0 Å². The number of hydrogen-bond acceptors (Lipinski definition) is 1. The maximum Gasteiger partial charge on any atom is 0.0973 e. The number of rotatable bonds is 9. The minimum absolute atomic E-state index is 0.152. The molecule has 0 aromatic carbocycles. The van der Waals surface area contributed by atoms with Gasteiger partial charge < -0.3 is 0 Å². The first-order valence-electron chi connectivity index (χ1n) is 6.36. The van der Waals surface area contributed by atoms with E-state index in [1.54, 1.807) is 0 Å². The summed E-state index contributed by atoms with van der Waals surface area (Å²) in [7, 11) is -1.05. The van der Waals surface area contributed by atoms with E-state index in [0.717, 1.165) is 24.6 Å². The fourth-order valence-corrected chi connectivity index (χ4v) is 2.83. The Kier molecular flexibility index (Phi) is 9.09. The number of halogens is 1. The molecule has 0 saturated heterocycles. The van der Waals surface area contributed by atoms with E-state index in [-0.39, 0.29) is 16.7 Å². The monoisotopic (exact) mass is 335 g/mol. The Morgan fingerprint density at radius 1 is 1.28 bits per heavy atom. The zero-order valence-electron chi connectivity index (χ0n) is 11.7. The lowest BCUT2D eigenvalue weighted by Crippen LogP contribution is -2.42. The molecular weight excluding hydrogens is 310 g/mol. The maximum absolute atomic E-state index is 12.2. The summed E-state index contributed by atoms with van der Waals surface area (Å²) in [5, 5.41) is 1.01. The number of alkyl halides is 1. The molecule has 0 bridgehead atoms. The molecule has 0 aliphatic carbocycles. The zero-order chi connectivity index (χ0) is 14.2. The molecule has 0 saturated carbocycles. The van der Waals surface area contributed by atoms with Gasteiger partial charge >= 0.3 is 0 Å². The van der Waals surface area contributed by atoms with E-state index in [4.69, 9.17) is 0 Å². The molecule has 0 fully saturated rings. The molecule has 4 heteroatoms. The van der Waals surface area contributed by atoms with Gasteiger partial charge in [0, 0.05) is 17.3 Å². The summed E-state index contributed by atoms with van der Waals surface area (Å²) >= 11 is 3.43. The molecule has 1 unspecified atom stereocenters. The van der Waals surface area contributed by atoms with E-state index in [9.17, 15) is 4.21 Å². The highest BCUT2D eigenvalue weighted by Crippen LogP contribution is 2.18. The molecule has 2 nitrogen and oxygen atoms in total. The molecule has 0 amide bonds. The highest BCUT2D eigenvalue weighted by Gasteiger charge is 2.25. The Balaban J connectivity index is 4.60. The summed E-state index contributed by atoms with van der Waals surface area (Å²) in [6.07, 6.45) is 6.96. The summed E-state index contributed by atoms with van der Waals surface area (Å²) in [5.41, 5.74) is 0. The van der Waals surface area contributed by atoms with Gasteiger partial charge in [0.15, 0.2) is 0 Å². The average Bonchev–Trinajstić information content (AvgIpc) is 2.29. The van der Waals surface area contributed by atoms with E-state index in [0.29, 0.717) is 0 Å². The molecule has 0 aliphatic heterocycles. The summed E-state index contributed by atoms with van der Waals surface area (Å²) < 4.78 is 15.1. The highest BCUT2D eigenvalue weighted by molar-refractivity contribution is 9.09. The largest absolute Gasteiger partial charge is 0.242 e. The van der Waals surface area contributed by atoms with Gasteiger partial charge in [0.2, 0.25) is 0 Å². The zero-order valence-corrected chi connectivity index (χ0v) is 14.1. The second kappa shape index (κ2) is 9.05. The molecule has 106 valence electrons. The third-order valence-corrected chi connectivity index (χ3v) is 4.91. The van der Waals surface area contributed by atoms with Gasteiger partial charge in [0.25, 0.3) is 0 Å². The maximum atomic E-state index is 12.2. The normalized spacial score (nSPS) is 15.4. The Labute approximate surface area is 123 Å². The Morgan fingerprint density at radius 3 is 2.22 bits per heavy atom. The van der Waals surface area contributed by atoms with Crippen LogP contribution in [-0.2, 0) is 11.0 Å². The Morgan fingerprint density at radius 2 is 1.83 bits per heavy atom. The van der Waals surface area contributed by atoms with Crippen LogP contribution in [0.25, 0.3) is 0 Å². The molecule has 0 heterocycles. The van der Waals surface area contributed by atoms with Crippen molar-refractivity contribution >= 4 is 26.9 Å². The van der Waals surface area contributed by atoms with Crippen LogP contribution < -0.4 is 4.72 Å². The minimum Gasteiger partial charge on any atom is -0.242 e. The smallest absolute Gasteiger partial charge is 0.0973 e. The lowest BCUT2D eigenvalue weighted by molar-refractivity contribution is 0.478. The van der Waals surface area contributed by atoms with Gasteiger partial charge in [-0.05, 0) is 33.6 Å². The van der Waals surface area contributed by atoms with Crippen LogP contribution in [0.2, 0.25) is 0 Å². The standard InChI is InChI=1S/C14H26BrNOS/c1-6-12(7-2)13(10-8-9-11-15)16-18(17)14(3,4)5/h6-7,12-13,16H,1-2,8-11H2,3-5H3/t13-,18?/m1/s1. The van der Waals surface area contributed by atoms with Crippen LogP contribution in [0.3, 0.4) is 0 Å². The van der Waals surface area contributed by atoms with Gasteiger partial charge in [-0.1, -0.05) is 34.5 Å². The summed E-state index contributed by atoms with van der Waals surface area (Å²) in [4.78, 5) is 0. The minimum atomic E-state index is -1.05. The van der Waals surface area contributed by atoms with E-state index in [1.165, 1.54) is 0 Å². The molecule has 0 aromatic rings. The van der Waals surface area contributed by atoms with E-state index < -0.39 is 11.0 Å². The van der Waals surface area contributed by atoms with Crippen molar-refractivity contribution in [1.82, 2.24) is 4.72 Å². The Bertz CT molecular complexity index is 278. The van der Waals surface area contributed by atoms with Crippen molar-refractivity contribution in [2.45, 2.75) is 50.8 Å². The fourth-order valence-electron chi connectivity index (χ4n) is 1.53. The second-order valence-electron chi connectivity index (χ2n) is 5.34. The van der Waals surface area contributed by atoms with Crippen LogP contribution in [0.15, 0.2) is 25.3 Å². The lowest BCUT2D eigenvalue weighted by Gasteiger charge is -2.27. The van der Waals surface area contributed by atoms with Gasteiger partial charge in [0.05, 0.1) is 15.7 Å². The Hall–Kier alpha value is 0.0700. The fraction of sp³-hybridized carbons (Fsp3) is 0.714. The van der Waals surface area contributed by atoms with Crippen molar-refractivity contribution < 1.29 is 4.21 Å². The number of hydrogen-bond donors (Lipinski definition) is 1. The summed E-state index contributed by atoms with van der Waals surface area (Å²) in [5.74, 6) is 0.159. The van der Waals surface area contributed by atoms with Crippen LogP contribution in [0.4, 0.5) is 0 Å². The summed E-state index contributed by atoms with van der Waals surface area (Å²) in [6.45, 7) is 13.6. The van der Waals surface area contributed by atoms with Gasteiger partial charge in [-0.2, -0.15) is 0 Å². The number of unbranched alkanes of at least 4 members (excludes halogenated alkanes) is 1.